The lowest BCUT2D eigenvalue weighted by molar-refractivity contribution is 0.768. The van der Waals surface area contributed by atoms with Crippen molar-refractivity contribution in [3.63, 3.8) is 0 Å². The molecule has 0 saturated carbocycles. The molecule has 2 aromatic heterocycles. The van der Waals surface area contributed by atoms with Crippen LogP contribution in [0.5, 0.6) is 0 Å². The molecule has 320 valence electrons. The molecule has 0 fully saturated rings. The standard InChI is InChI=1S/C65H39N3S/c1-3-20-40(21-4-1)64(41-22-5-2-6-23-41)53-35-14-9-27-46(53)58-48(30-18-37-55(58)64)61-66-62(68-63(67-61)50-32-17-29-45-44-26-11-16-39-57(44)69-60(45)50)49-31-19-38-56-59(49)47-28-10-15-36-54(47)65(56)51-33-12-7-24-42(51)43-25-8-13-34-52(43)65/h1-39H. The lowest BCUT2D eigenvalue weighted by Crippen LogP contribution is -2.28. The molecule has 0 N–H and O–H groups in total. The van der Waals surface area contributed by atoms with Crippen molar-refractivity contribution in [1.82, 2.24) is 15.0 Å². The van der Waals surface area contributed by atoms with Crippen LogP contribution >= 0.6 is 11.3 Å². The maximum absolute atomic E-state index is 5.70. The number of nitrogens with zero attached hydrogens (tertiary/aromatic N) is 3. The Balaban J connectivity index is 1.04. The minimum atomic E-state index is -0.571. The third-order valence-corrected chi connectivity index (χ3v) is 16.5. The molecule has 3 nitrogen and oxygen atoms in total. The van der Waals surface area contributed by atoms with Gasteiger partial charge in [0.1, 0.15) is 0 Å². The zero-order chi connectivity index (χ0) is 45.3. The van der Waals surface area contributed by atoms with Crippen LogP contribution in [0, 0.1) is 0 Å². The van der Waals surface area contributed by atoms with Crippen molar-refractivity contribution in [3.05, 3.63) is 281 Å². The summed E-state index contributed by atoms with van der Waals surface area (Å²) in [6, 6.07) is 86.6. The van der Waals surface area contributed by atoms with Crippen LogP contribution in [0.1, 0.15) is 44.5 Å². The number of fused-ring (bicyclic) bond motifs is 16. The van der Waals surface area contributed by atoms with Gasteiger partial charge in [-0.1, -0.05) is 224 Å². The molecule has 0 bridgehead atoms. The highest BCUT2D eigenvalue weighted by Crippen LogP contribution is 2.64. The third-order valence-electron chi connectivity index (χ3n) is 15.3. The van der Waals surface area contributed by atoms with Crippen molar-refractivity contribution >= 4 is 31.5 Å². The molecule has 3 aliphatic rings. The Morgan fingerprint density at radius 1 is 0.261 bits per heavy atom. The van der Waals surface area contributed by atoms with Gasteiger partial charge in [-0.05, 0) is 90.0 Å². The van der Waals surface area contributed by atoms with E-state index in [9.17, 15) is 0 Å². The van der Waals surface area contributed by atoms with Gasteiger partial charge in [0, 0.05) is 36.9 Å². The van der Waals surface area contributed by atoms with E-state index < -0.39 is 10.8 Å². The highest BCUT2D eigenvalue weighted by atomic mass is 32.1. The van der Waals surface area contributed by atoms with E-state index in [4.69, 9.17) is 15.0 Å². The van der Waals surface area contributed by atoms with Gasteiger partial charge in [0.2, 0.25) is 0 Å². The SMILES string of the molecule is c1ccc(C2(c3ccccc3)c3ccccc3-c3c(-c4nc(-c5cccc6c5-c5ccccc5C65c6ccccc6-c6ccccc65)nc(-c5cccc6c5sc5ccccc56)n4)cccc32)cc1. The second-order valence-corrected chi connectivity index (χ2v) is 19.5. The molecule has 0 atom stereocenters. The Labute approximate surface area is 403 Å². The van der Waals surface area contributed by atoms with Crippen molar-refractivity contribution in [1.29, 1.82) is 0 Å². The molecule has 0 unspecified atom stereocenters. The predicted molar refractivity (Wildman–Crippen MR) is 283 cm³/mol. The topological polar surface area (TPSA) is 38.7 Å². The van der Waals surface area contributed by atoms with Gasteiger partial charge in [-0.2, -0.15) is 0 Å². The summed E-state index contributed by atoms with van der Waals surface area (Å²) in [6.07, 6.45) is 0. The fourth-order valence-electron chi connectivity index (χ4n) is 12.7. The van der Waals surface area contributed by atoms with Gasteiger partial charge in [-0.3, -0.25) is 0 Å². The summed E-state index contributed by atoms with van der Waals surface area (Å²) in [7, 11) is 0. The summed E-state index contributed by atoms with van der Waals surface area (Å²) < 4.78 is 2.41. The van der Waals surface area contributed by atoms with Gasteiger partial charge in [-0.25, -0.2) is 15.0 Å². The largest absolute Gasteiger partial charge is 0.208 e. The van der Waals surface area contributed by atoms with Crippen LogP contribution < -0.4 is 0 Å². The van der Waals surface area contributed by atoms with Crippen LogP contribution in [0.4, 0.5) is 0 Å². The number of hydrogen-bond acceptors (Lipinski definition) is 4. The normalized spacial score (nSPS) is 14.0. The van der Waals surface area contributed by atoms with Gasteiger partial charge >= 0.3 is 0 Å². The molecule has 3 aliphatic carbocycles. The minimum absolute atomic E-state index is 0.501. The van der Waals surface area contributed by atoms with Crippen molar-refractivity contribution in [2.75, 3.05) is 0 Å². The molecule has 69 heavy (non-hydrogen) atoms. The lowest BCUT2D eigenvalue weighted by atomic mass is 9.67. The first-order valence-corrected chi connectivity index (χ1v) is 24.5. The van der Waals surface area contributed by atoms with E-state index in [1.807, 2.05) is 0 Å². The summed E-state index contributed by atoms with van der Waals surface area (Å²) in [5.74, 6) is 1.95. The highest BCUT2D eigenvalue weighted by molar-refractivity contribution is 7.26. The summed E-state index contributed by atoms with van der Waals surface area (Å²) in [4.78, 5) is 16.9. The maximum Gasteiger partial charge on any atom is 0.165 e. The average molecular weight is 894 g/mol. The molecule has 10 aromatic carbocycles. The van der Waals surface area contributed by atoms with E-state index in [2.05, 4.69) is 237 Å². The van der Waals surface area contributed by atoms with E-state index in [0.717, 1.165) is 22.3 Å². The van der Waals surface area contributed by atoms with Crippen molar-refractivity contribution in [3.8, 4) is 67.5 Å². The van der Waals surface area contributed by atoms with Crippen LogP contribution in [0.3, 0.4) is 0 Å². The first kappa shape index (κ1) is 38.5. The lowest BCUT2D eigenvalue weighted by Gasteiger charge is -2.33. The Bertz CT molecular complexity index is 3890. The van der Waals surface area contributed by atoms with Crippen LogP contribution in [-0.2, 0) is 10.8 Å². The molecule has 0 saturated heterocycles. The van der Waals surface area contributed by atoms with Gasteiger partial charge in [0.25, 0.3) is 0 Å². The Morgan fingerprint density at radius 3 is 1.19 bits per heavy atom. The maximum atomic E-state index is 5.70. The summed E-state index contributed by atoms with van der Waals surface area (Å²) in [5, 5.41) is 2.45. The van der Waals surface area contributed by atoms with E-state index in [1.54, 1.807) is 11.3 Å². The molecular weight excluding hydrogens is 855 g/mol. The smallest absolute Gasteiger partial charge is 0.165 e. The van der Waals surface area contributed by atoms with Crippen LogP contribution in [0.25, 0.3) is 87.7 Å². The zero-order valence-electron chi connectivity index (χ0n) is 37.3. The number of thiophene rings is 1. The number of hydrogen-bond donors (Lipinski definition) is 0. The number of benzene rings is 10. The summed E-state index contributed by atoms with van der Waals surface area (Å²) >= 11 is 1.80. The van der Waals surface area contributed by atoms with Gasteiger partial charge in [0.05, 0.1) is 10.8 Å². The molecule has 4 heteroatoms. The highest BCUT2D eigenvalue weighted by Gasteiger charge is 2.52. The van der Waals surface area contributed by atoms with E-state index >= 15 is 0 Å². The fraction of sp³-hybridized carbons (Fsp3) is 0.0308. The second kappa shape index (κ2) is 14.5. The van der Waals surface area contributed by atoms with Crippen molar-refractivity contribution < 1.29 is 0 Å². The molecule has 0 radical (unpaired) electrons. The van der Waals surface area contributed by atoms with Gasteiger partial charge in [-0.15, -0.1) is 11.3 Å². The molecule has 12 aromatic rings. The average Bonchev–Trinajstić information content (AvgIpc) is 4.14. The van der Waals surface area contributed by atoms with Gasteiger partial charge in [0.15, 0.2) is 17.5 Å². The van der Waals surface area contributed by atoms with Crippen LogP contribution in [0.2, 0.25) is 0 Å². The summed E-state index contributed by atoms with van der Waals surface area (Å²) in [6.45, 7) is 0. The molecule has 15 rings (SSSR count). The van der Waals surface area contributed by atoms with Crippen molar-refractivity contribution in [2.45, 2.75) is 10.8 Å². The first-order valence-electron chi connectivity index (χ1n) is 23.7. The molecule has 1 spiro atoms. The Hall–Kier alpha value is -8.57. The van der Waals surface area contributed by atoms with E-state index in [1.165, 1.54) is 92.5 Å². The van der Waals surface area contributed by atoms with Crippen LogP contribution in [-0.4, -0.2) is 15.0 Å². The van der Waals surface area contributed by atoms with E-state index in [-0.39, 0.29) is 0 Å². The molecule has 0 aliphatic heterocycles. The first-order chi connectivity index (χ1) is 34.2. The second-order valence-electron chi connectivity index (χ2n) is 18.5. The Morgan fingerprint density at radius 2 is 0.623 bits per heavy atom. The third kappa shape index (κ3) is 5.08. The Kier molecular flexibility index (Phi) is 8.08. The molecule has 0 amide bonds. The monoisotopic (exact) mass is 893 g/mol. The van der Waals surface area contributed by atoms with E-state index in [0.29, 0.717) is 17.5 Å². The summed E-state index contributed by atoms with van der Waals surface area (Å²) in [5.41, 5.74) is 19.2. The van der Waals surface area contributed by atoms with Crippen LogP contribution in [0.15, 0.2) is 237 Å². The minimum Gasteiger partial charge on any atom is -0.208 e. The predicted octanol–water partition coefficient (Wildman–Crippen LogP) is 15.9. The van der Waals surface area contributed by atoms with Crippen molar-refractivity contribution in [2.24, 2.45) is 0 Å². The zero-order valence-corrected chi connectivity index (χ0v) is 38.1. The molecule has 2 heterocycles. The number of rotatable bonds is 5. The fourth-order valence-corrected chi connectivity index (χ4v) is 13.9. The van der Waals surface area contributed by atoms with Gasteiger partial charge < -0.3 is 0 Å². The molecular formula is C65H39N3S. The number of aromatic nitrogens is 3. The quantitative estimate of drug-likeness (QED) is 0.173.